The number of anilines is 2. The third kappa shape index (κ3) is 5.48. The van der Waals surface area contributed by atoms with Crippen LogP contribution in [0.25, 0.3) is 0 Å². The number of sulfonamides is 1. The number of rotatable bonds is 9. The van der Waals surface area contributed by atoms with E-state index in [1.807, 2.05) is 44.2 Å². The van der Waals surface area contributed by atoms with Crippen LogP contribution < -0.4 is 10.0 Å². The molecule has 0 spiro atoms. The van der Waals surface area contributed by atoms with Crippen molar-refractivity contribution in [2.24, 2.45) is 11.8 Å². The Morgan fingerprint density at radius 1 is 1.03 bits per heavy atom. The summed E-state index contributed by atoms with van der Waals surface area (Å²) in [7, 11) is -3.76. The van der Waals surface area contributed by atoms with Gasteiger partial charge in [-0.15, -0.1) is 0 Å². The fraction of sp³-hybridized carbons (Fsp3) is 0.406. The Bertz CT molecular complexity index is 1470. The van der Waals surface area contributed by atoms with Gasteiger partial charge in [0, 0.05) is 40.9 Å². The molecule has 0 aromatic heterocycles. The van der Waals surface area contributed by atoms with Crippen LogP contribution in [0.1, 0.15) is 84.3 Å². The molecule has 7 heteroatoms. The minimum atomic E-state index is -3.76. The molecular formula is C32H38N2O4S. The van der Waals surface area contributed by atoms with Gasteiger partial charge in [0.25, 0.3) is 10.0 Å². The number of carbonyl (C=O) groups excluding carboxylic acids is 1. The highest BCUT2D eigenvalue weighted by molar-refractivity contribution is 7.92. The molecule has 0 radical (unpaired) electrons. The van der Waals surface area contributed by atoms with Crippen molar-refractivity contribution in [2.45, 2.75) is 70.4 Å². The number of hydrogen-bond acceptors (Lipinski definition) is 5. The van der Waals surface area contributed by atoms with Crippen LogP contribution in [0.2, 0.25) is 0 Å². The van der Waals surface area contributed by atoms with E-state index in [1.165, 1.54) is 0 Å². The van der Waals surface area contributed by atoms with E-state index in [4.69, 9.17) is 4.74 Å². The molecule has 4 unspecified atom stereocenters. The van der Waals surface area contributed by atoms with E-state index in [2.05, 4.69) is 36.0 Å². The molecule has 0 bridgehead atoms. The molecule has 0 amide bonds. The van der Waals surface area contributed by atoms with Crippen molar-refractivity contribution in [3.63, 3.8) is 0 Å². The zero-order valence-electron chi connectivity index (χ0n) is 23.2. The second-order valence-corrected chi connectivity index (χ2v) is 12.6. The minimum absolute atomic E-state index is 0.0166. The highest BCUT2D eigenvalue weighted by Crippen LogP contribution is 2.50. The first-order chi connectivity index (χ1) is 18.7. The predicted octanol–water partition coefficient (Wildman–Crippen LogP) is 7.36. The van der Waals surface area contributed by atoms with Crippen LogP contribution in [0.4, 0.5) is 11.4 Å². The highest BCUT2D eigenvalue weighted by atomic mass is 32.2. The summed E-state index contributed by atoms with van der Waals surface area (Å²) in [5.41, 5.74) is 6.30. The molecule has 6 nitrogen and oxygen atoms in total. The zero-order valence-corrected chi connectivity index (χ0v) is 24.0. The van der Waals surface area contributed by atoms with E-state index in [9.17, 15) is 13.2 Å². The van der Waals surface area contributed by atoms with Crippen molar-refractivity contribution in [1.82, 2.24) is 0 Å². The molecule has 1 saturated heterocycles. The smallest absolute Gasteiger partial charge is 0.261 e. The first kappa shape index (κ1) is 27.4. The van der Waals surface area contributed by atoms with E-state index in [-0.39, 0.29) is 34.7 Å². The largest absolute Gasteiger partial charge is 0.378 e. The molecule has 3 aromatic carbocycles. The summed E-state index contributed by atoms with van der Waals surface area (Å²) in [5.74, 6) is 0.453. The Labute approximate surface area is 232 Å². The van der Waals surface area contributed by atoms with Gasteiger partial charge >= 0.3 is 0 Å². The monoisotopic (exact) mass is 546 g/mol. The van der Waals surface area contributed by atoms with Gasteiger partial charge in [0.05, 0.1) is 17.0 Å². The van der Waals surface area contributed by atoms with Crippen LogP contribution in [-0.2, 0) is 14.8 Å². The number of fused-ring (bicyclic) bond motifs is 3. The number of ketones is 1. The number of nitrogens with one attached hydrogen (secondary N) is 2. The summed E-state index contributed by atoms with van der Waals surface area (Å²) >= 11 is 0. The molecule has 206 valence electrons. The van der Waals surface area contributed by atoms with Gasteiger partial charge in [0.1, 0.15) is 0 Å². The van der Waals surface area contributed by atoms with Crippen LogP contribution >= 0.6 is 0 Å². The zero-order chi connectivity index (χ0) is 27.7. The Morgan fingerprint density at radius 3 is 2.49 bits per heavy atom. The van der Waals surface area contributed by atoms with Gasteiger partial charge in [0.2, 0.25) is 0 Å². The van der Waals surface area contributed by atoms with E-state index in [0.29, 0.717) is 12.3 Å². The van der Waals surface area contributed by atoms with Gasteiger partial charge in [-0.3, -0.25) is 9.52 Å². The van der Waals surface area contributed by atoms with E-state index in [1.54, 1.807) is 18.2 Å². The van der Waals surface area contributed by atoms with Crippen molar-refractivity contribution < 1.29 is 17.9 Å². The fourth-order valence-electron chi connectivity index (χ4n) is 5.93. The molecule has 5 rings (SSSR count). The standard InChI is InChI=1S/C32H38N2O4S/c1-5-7-22(6-2)31(35)24-11-9-23(10-12-24)30-27-16-17-38-32(27)28-19-26(14-15-29(28)33-30)39(36,37)34-25-13-8-20(3)21(4)18-25/h8-15,18-19,22,27,30,32-34H,5-7,16-17H2,1-4H3. The van der Waals surface area contributed by atoms with Crippen LogP contribution in [0.15, 0.2) is 65.6 Å². The molecule has 2 aliphatic rings. The quantitative estimate of drug-likeness (QED) is 0.274. The summed E-state index contributed by atoms with van der Waals surface area (Å²) in [4.78, 5) is 13.2. The summed E-state index contributed by atoms with van der Waals surface area (Å²) in [6.07, 6.45) is 3.44. The van der Waals surface area contributed by atoms with E-state index >= 15 is 0 Å². The Hall–Kier alpha value is -3.16. The normalized spacial score (nSPS) is 21.0. The summed E-state index contributed by atoms with van der Waals surface area (Å²) in [5, 5.41) is 3.65. The number of ether oxygens (including phenoxy) is 1. The lowest BCUT2D eigenvalue weighted by molar-refractivity contribution is 0.0827. The molecule has 3 aromatic rings. The third-order valence-corrected chi connectivity index (χ3v) is 9.71. The number of carbonyl (C=O) groups is 1. The molecule has 1 fully saturated rings. The number of aryl methyl sites for hydroxylation is 2. The van der Waals surface area contributed by atoms with Gasteiger partial charge in [0.15, 0.2) is 5.78 Å². The first-order valence-corrected chi connectivity index (χ1v) is 15.5. The lowest BCUT2D eigenvalue weighted by Crippen LogP contribution is -2.29. The van der Waals surface area contributed by atoms with Crippen molar-refractivity contribution >= 4 is 27.2 Å². The fourth-order valence-corrected chi connectivity index (χ4v) is 7.01. The lowest BCUT2D eigenvalue weighted by Gasteiger charge is -2.36. The van der Waals surface area contributed by atoms with Crippen molar-refractivity contribution in [3.8, 4) is 0 Å². The number of Topliss-reactive ketones (excluding diaryl/α,β-unsaturated/α-hetero) is 1. The molecule has 4 atom stereocenters. The molecule has 2 aliphatic heterocycles. The van der Waals surface area contributed by atoms with E-state index in [0.717, 1.165) is 59.2 Å². The average molecular weight is 547 g/mol. The van der Waals surface area contributed by atoms with Gasteiger partial charge in [-0.25, -0.2) is 8.42 Å². The number of hydrogen-bond donors (Lipinski definition) is 2. The third-order valence-electron chi connectivity index (χ3n) is 8.33. The van der Waals surface area contributed by atoms with Crippen LogP contribution in [0.3, 0.4) is 0 Å². The summed E-state index contributed by atoms with van der Waals surface area (Å²) < 4.78 is 35.4. The molecule has 0 saturated carbocycles. The number of benzene rings is 3. The SMILES string of the molecule is CCCC(CC)C(=O)c1ccc(C2Nc3ccc(S(=O)(=O)Nc4ccc(C)c(C)c4)cc3C3OCCC23)cc1. The molecular weight excluding hydrogens is 508 g/mol. The molecule has 39 heavy (non-hydrogen) atoms. The first-order valence-electron chi connectivity index (χ1n) is 14.0. The second kappa shape index (κ2) is 11.1. The van der Waals surface area contributed by atoms with Crippen molar-refractivity contribution in [3.05, 3.63) is 88.5 Å². The van der Waals surface area contributed by atoms with Gasteiger partial charge in [-0.1, -0.05) is 50.6 Å². The topological polar surface area (TPSA) is 84.5 Å². The second-order valence-electron chi connectivity index (χ2n) is 10.9. The maximum absolute atomic E-state index is 13.3. The lowest BCUT2D eigenvalue weighted by atomic mass is 9.80. The highest BCUT2D eigenvalue weighted by Gasteiger charge is 2.42. The van der Waals surface area contributed by atoms with Crippen molar-refractivity contribution in [1.29, 1.82) is 0 Å². The van der Waals surface area contributed by atoms with Gasteiger partial charge in [-0.2, -0.15) is 0 Å². The predicted molar refractivity (Wildman–Crippen MR) is 156 cm³/mol. The molecule has 2 heterocycles. The van der Waals surface area contributed by atoms with Crippen LogP contribution in [0.5, 0.6) is 0 Å². The maximum Gasteiger partial charge on any atom is 0.261 e. The van der Waals surface area contributed by atoms with Crippen LogP contribution in [-0.4, -0.2) is 20.8 Å². The van der Waals surface area contributed by atoms with Crippen LogP contribution in [0, 0.1) is 25.7 Å². The Kier molecular flexibility index (Phi) is 7.83. The van der Waals surface area contributed by atoms with Gasteiger partial charge in [-0.05, 0) is 80.1 Å². The summed E-state index contributed by atoms with van der Waals surface area (Å²) in [6.45, 7) is 8.78. The average Bonchev–Trinajstić information content (AvgIpc) is 3.43. The van der Waals surface area contributed by atoms with E-state index < -0.39 is 10.0 Å². The van der Waals surface area contributed by atoms with Gasteiger partial charge < -0.3 is 10.1 Å². The minimum Gasteiger partial charge on any atom is -0.378 e. The van der Waals surface area contributed by atoms with Crippen molar-refractivity contribution in [2.75, 3.05) is 16.6 Å². The Morgan fingerprint density at radius 2 is 1.79 bits per heavy atom. The maximum atomic E-state index is 13.3. The molecule has 2 N–H and O–H groups in total. The Balaban J connectivity index is 1.39. The summed E-state index contributed by atoms with van der Waals surface area (Å²) in [6, 6.07) is 18.8. The molecule has 0 aliphatic carbocycles.